The van der Waals surface area contributed by atoms with Gasteiger partial charge >= 0.3 is 5.97 Å². The van der Waals surface area contributed by atoms with Crippen molar-refractivity contribution < 1.29 is 13.9 Å². The lowest BCUT2D eigenvalue weighted by Gasteiger charge is -2.10. The maximum Gasteiger partial charge on any atom is 0.340 e. The van der Waals surface area contributed by atoms with Crippen LogP contribution in [-0.2, 0) is 11.3 Å². The Morgan fingerprint density at radius 3 is 2.75 bits per heavy atom. The van der Waals surface area contributed by atoms with E-state index in [-0.39, 0.29) is 6.61 Å². The molecule has 3 nitrogen and oxygen atoms in total. The number of benzene rings is 2. The molecule has 20 heavy (non-hydrogen) atoms. The van der Waals surface area contributed by atoms with Crippen LogP contribution in [0.4, 0.5) is 10.1 Å². The lowest BCUT2D eigenvalue weighted by molar-refractivity contribution is 0.0469. The van der Waals surface area contributed by atoms with Crippen LogP contribution in [0.2, 0.25) is 0 Å². The van der Waals surface area contributed by atoms with Gasteiger partial charge in [-0.25, -0.2) is 9.18 Å². The van der Waals surface area contributed by atoms with Gasteiger partial charge in [-0.15, -0.1) is 0 Å². The number of carbonyl (C=O) groups excluding carboxylic acids is 1. The highest BCUT2D eigenvalue weighted by atomic mass is 79.9. The van der Waals surface area contributed by atoms with E-state index in [0.29, 0.717) is 21.3 Å². The Morgan fingerprint density at radius 2 is 2.10 bits per heavy atom. The fourth-order valence-electron chi connectivity index (χ4n) is 1.82. The lowest BCUT2D eigenvalue weighted by Crippen LogP contribution is -2.10. The molecule has 2 N–H and O–H groups in total. The number of halogens is 2. The van der Waals surface area contributed by atoms with Gasteiger partial charge in [0, 0.05) is 15.7 Å². The summed E-state index contributed by atoms with van der Waals surface area (Å²) in [4.78, 5) is 12.0. The number of nitrogen functional groups attached to an aromatic ring is 1. The number of hydrogen-bond donors (Lipinski definition) is 1. The molecule has 0 aliphatic heterocycles. The molecule has 0 fully saturated rings. The summed E-state index contributed by atoms with van der Waals surface area (Å²) in [5.41, 5.74) is 7.48. The number of ether oxygens (including phenoxy) is 1. The molecule has 0 amide bonds. The van der Waals surface area contributed by atoms with E-state index in [2.05, 4.69) is 15.9 Å². The summed E-state index contributed by atoms with van der Waals surface area (Å²) >= 11 is 3.17. The lowest BCUT2D eigenvalue weighted by atomic mass is 10.1. The number of esters is 1. The summed E-state index contributed by atoms with van der Waals surface area (Å²) in [5.74, 6) is -0.979. The second-order valence-corrected chi connectivity index (χ2v) is 5.27. The molecular weight excluding hydrogens is 325 g/mol. The quantitative estimate of drug-likeness (QED) is 0.683. The Balaban J connectivity index is 2.13. The monoisotopic (exact) mass is 337 g/mol. The van der Waals surface area contributed by atoms with Crippen molar-refractivity contribution in [3.63, 3.8) is 0 Å². The molecule has 0 saturated carbocycles. The summed E-state index contributed by atoms with van der Waals surface area (Å²) in [5, 5.41) is 0. The molecule has 0 aliphatic rings. The van der Waals surface area contributed by atoms with Crippen LogP contribution in [0.25, 0.3) is 0 Å². The number of anilines is 1. The highest BCUT2D eigenvalue weighted by Crippen LogP contribution is 2.20. The Bertz CT molecular complexity index is 638. The average Bonchev–Trinajstić information content (AvgIpc) is 2.37. The number of hydrogen-bond acceptors (Lipinski definition) is 3. The van der Waals surface area contributed by atoms with Crippen LogP contribution in [0.15, 0.2) is 40.9 Å². The molecule has 0 saturated heterocycles. The second kappa shape index (κ2) is 6.05. The molecular formula is C15H13BrFNO2. The minimum atomic E-state index is -0.553. The molecule has 2 aromatic carbocycles. The Morgan fingerprint density at radius 1 is 1.35 bits per heavy atom. The van der Waals surface area contributed by atoms with E-state index in [1.165, 1.54) is 6.07 Å². The van der Waals surface area contributed by atoms with Gasteiger partial charge in [0.2, 0.25) is 0 Å². The molecule has 5 heteroatoms. The number of nitrogens with two attached hydrogens (primary N) is 1. The van der Waals surface area contributed by atoms with Gasteiger partial charge in [-0.2, -0.15) is 0 Å². The SMILES string of the molecule is Cc1cccc(N)c1C(=O)OCc1ccc(Br)cc1F. The summed E-state index contributed by atoms with van der Waals surface area (Å²) in [6.07, 6.45) is 0. The third-order valence-corrected chi connectivity index (χ3v) is 3.38. The zero-order valence-electron chi connectivity index (χ0n) is 10.8. The summed E-state index contributed by atoms with van der Waals surface area (Å²) in [6, 6.07) is 9.74. The van der Waals surface area contributed by atoms with Crippen molar-refractivity contribution in [1.29, 1.82) is 0 Å². The van der Waals surface area contributed by atoms with Crippen molar-refractivity contribution in [3.8, 4) is 0 Å². The normalized spacial score (nSPS) is 10.3. The molecule has 0 unspecified atom stereocenters. The molecule has 0 atom stereocenters. The molecule has 0 spiro atoms. The Kier molecular flexibility index (Phi) is 4.39. The van der Waals surface area contributed by atoms with Gasteiger partial charge in [0.1, 0.15) is 12.4 Å². The fourth-order valence-corrected chi connectivity index (χ4v) is 2.16. The first-order chi connectivity index (χ1) is 9.49. The zero-order valence-corrected chi connectivity index (χ0v) is 12.4. The predicted octanol–water partition coefficient (Wildman–Crippen LogP) is 3.84. The zero-order chi connectivity index (χ0) is 14.7. The highest BCUT2D eigenvalue weighted by Gasteiger charge is 2.15. The minimum Gasteiger partial charge on any atom is -0.457 e. The van der Waals surface area contributed by atoms with Crippen LogP contribution in [-0.4, -0.2) is 5.97 Å². The second-order valence-electron chi connectivity index (χ2n) is 4.35. The first kappa shape index (κ1) is 14.5. The van der Waals surface area contributed by atoms with Crippen LogP contribution in [0.1, 0.15) is 21.5 Å². The largest absolute Gasteiger partial charge is 0.457 e. The number of rotatable bonds is 3. The summed E-state index contributed by atoms with van der Waals surface area (Å²) in [6.45, 7) is 1.64. The van der Waals surface area contributed by atoms with Gasteiger partial charge < -0.3 is 10.5 Å². The van der Waals surface area contributed by atoms with Crippen molar-refractivity contribution in [1.82, 2.24) is 0 Å². The van der Waals surface area contributed by atoms with Crippen molar-refractivity contribution in [3.05, 3.63) is 63.4 Å². The van der Waals surface area contributed by atoms with Gasteiger partial charge in [0.15, 0.2) is 0 Å². The maximum atomic E-state index is 13.6. The van der Waals surface area contributed by atoms with Crippen molar-refractivity contribution in [2.45, 2.75) is 13.5 Å². The molecule has 2 rings (SSSR count). The van der Waals surface area contributed by atoms with E-state index >= 15 is 0 Å². The molecule has 0 bridgehead atoms. The smallest absolute Gasteiger partial charge is 0.340 e. The van der Waals surface area contributed by atoms with E-state index in [1.54, 1.807) is 37.3 Å². The standard InChI is InChI=1S/C15H13BrFNO2/c1-9-3-2-4-13(18)14(9)15(19)20-8-10-5-6-11(16)7-12(10)17/h2-7H,8,18H2,1H3. The summed E-state index contributed by atoms with van der Waals surface area (Å²) < 4.78 is 19.4. The number of carbonyl (C=O) groups is 1. The van der Waals surface area contributed by atoms with Crippen LogP contribution in [0, 0.1) is 12.7 Å². The van der Waals surface area contributed by atoms with Gasteiger partial charge in [-0.05, 0) is 30.7 Å². The van der Waals surface area contributed by atoms with Crippen molar-refractivity contribution >= 4 is 27.6 Å². The van der Waals surface area contributed by atoms with Crippen LogP contribution < -0.4 is 5.73 Å². The molecule has 0 aromatic heterocycles. The van der Waals surface area contributed by atoms with Gasteiger partial charge in [0.05, 0.1) is 5.56 Å². The molecule has 0 heterocycles. The Labute approximate surface area is 124 Å². The summed E-state index contributed by atoms with van der Waals surface area (Å²) in [7, 11) is 0. The van der Waals surface area contributed by atoms with Crippen molar-refractivity contribution in [2.24, 2.45) is 0 Å². The van der Waals surface area contributed by atoms with Crippen LogP contribution in [0.3, 0.4) is 0 Å². The van der Waals surface area contributed by atoms with E-state index in [9.17, 15) is 9.18 Å². The van der Waals surface area contributed by atoms with Crippen LogP contribution >= 0.6 is 15.9 Å². The van der Waals surface area contributed by atoms with Gasteiger partial charge in [-0.3, -0.25) is 0 Å². The maximum absolute atomic E-state index is 13.6. The molecule has 0 radical (unpaired) electrons. The van der Waals surface area contributed by atoms with E-state index < -0.39 is 11.8 Å². The highest BCUT2D eigenvalue weighted by molar-refractivity contribution is 9.10. The molecule has 2 aromatic rings. The van der Waals surface area contributed by atoms with Crippen molar-refractivity contribution in [2.75, 3.05) is 5.73 Å². The minimum absolute atomic E-state index is 0.133. The first-order valence-electron chi connectivity index (χ1n) is 5.95. The third kappa shape index (κ3) is 3.17. The third-order valence-electron chi connectivity index (χ3n) is 2.88. The number of aryl methyl sites for hydroxylation is 1. The molecule has 0 aliphatic carbocycles. The van der Waals surface area contributed by atoms with E-state index in [4.69, 9.17) is 10.5 Å². The van der Waals surface area contributed by atoms with E-state index in [1.807, 2.05) is 0 Å². The topological polar surface area (TPSA) is 52.3 Å². The van der Waals surface area contributed by atoms with Gasteiger partial charge in [0.25, 0.3) is 0 Å². The molecule has 104 valence electrons. The Hall–Kier alpha value is -1.88. The first-order valence-corrected chi connectivity index (χ1v) is 6.74. The van der Waals surface area contributed by atoms with Gasteiger partial charge in [-0.1, -0.05) is 34.1 Å². The average molecular weight is 338 g/mol. The predicted molar refractivity (Wildman–Crippen MR) is 78.8 cm³/mol. The fraction of sp³-hybridized carbons (Fsp3) is 0.133. The van der Waals surface area contributed by atoms with Crippen LogP contribution in [0.5, 0.6) is 0 Å². The van der Waals surface area contributed by atoms with E-state index in [0.717, 1.165) is 5.56 Å².